The summed E-state index contributed by atoms with van der Waals surface area (Å²) in [5.41, 5.74) is 1.41. The van der Waals surface area contributed by atoms with Crippen molar-refractivity contribution in [3.05, 3.63) is 23.8 Å². The first kappa shape index (κ1) is 14.4. The van der Waals surface area contributed by atoms with E-state index in [-0.39, 0.29) is 0 Å². The van der Waals surface area contributed by atoms with E-state index in [1.54, 1.807) is 10.4 Å². The molecule has 3 heteroatoms. The van der Waals surface area contributed by atoms with Gasteiger partial charge in [-0.05, 0) is 5.56 Å². The molecule has 1 rings (SSSR count). The van der Waals surface area contributed by atoms with Gasteiger partial charge in [0.05, 0.1) is 16.1 Å². The molecule has 0 N–H and O–H groups in total. The molecule has 0 fully saturated rings. The highest BCUT2D eigenvalue weighted by Gasteiger charge is 2.26. The lowest BCUT2D eigenvalue weighted by atomic mass is 10.2. The van der Waals surface area contributed by atoms with Crippen molar-refractivity contribution in [1.82, 2.24) is 0 Å². The van der Waals surface area contributed by atoms with Crippen LogP contribution in [0.1, 0.15) is 5.56 Å². The van der Waals surface area contributed by atoms with Gasteiger partial charge in [0.1, 0.15) is 0 Å². The molecule has 0 saturated heterocycles. The predicted octanol–water partition coefficient (Wildman–Crippen LogP) is 2.83. The Kier molecular flexibility index (Phi) is 4.15. The SMILES string of the molecule is CN=Cc1c([Si](C)(C)C)cccc1[Si](C)(C)C. The van der Waals surface area contributed by atoms with E-state index in [4.69, 9.17) is 0 Å². The molecule has 1 nitrogen and oxygen atoms in total. The van der Waals surface area contributed by atoms with E-state index in [9.17, 15) is 0 Å². The standard InChI is InChI=1S/C14H25NSi2/c1-15-11-12-13(16(2,3)4)9-8-10-14(12)17(5,6)7/h8-11H,1-7H3. The van der Waals surface area contributed by atoms with Gasteiger partial charge in [-0.2, -0.15) is 0 Å². The Balaban J connectivity index is 3.54. The first-order valence-electron chi connectivity index (χ1n) is 6.24. The Labute approximate surface area is 108 Å². The maximum absolute atomic E-state index is 4.27. The second kappa shape index (κ2) is 4.90. The van der Waals surface area contributed by atoms with Gasteiger partial charge < -0.3 is 0 Å². The van der Waals surface area contributed by atoms with Gasteiger partial charge in [0, 0.05) is 13.3 Å². The van der Waals surface area contributed by atoms with Crippen molar-refractivity contribution < 1.29 is 0 Å². The number of rotatable bonds is 3. The molecule has 17 heavy (non-hydrogen) atoms. The van der Waals surface area contributed by atoms with Crippen molar-refractivity contribution in [2.45, 2.75) is 39.3 Å². The third kappa shape index (κ3) is 3.39. The first-order valence-corrected chi connectivity index (χ1v) is 13.2. The van der Waals surface area contributed by atoms with Gasteiger partial charge >= 0.3 is 0 Å². The first-order chi connectivity index (χ1) is 7.68. The number of benzene rings is 1. The van der Waals surface area contributed by atoms with Crippen LogP contribution in [-0.4, -0.2) is 29.4 Å². The molecular formula is C14H25NSi2. The molecule has 0 unspecified atom stereocenters. The summed E-state index contributed by atoms with van der Waals surface area (Å²) >= 11 is 0. The van der Waals surface area contributed by atoms with Crippen LogP contribution in [0.4, 0.5) is 0 Å². The summed E-state index contributed by atoms with van der Waals surface area (Å²) in [6.07, 6.45) is 2.07. The van der Waals surface area contributed by atoms with Gasteiger partial charge in [-0.15, -0.1) is 0 Å². The molecule has 0 heterocycles. The van der Waals surface area contributed by atoms with Crippen LogP contribution in [0.15, 0.2) is 23.2 Å². The minimum atomic E-state index is -1.29. The van der Waals surface area contributed by atoms with E-state index < -0.39 is 16.1 Å². The van der Waals surface area contributed by atoms with Crippen molar-refractivity contribution in [3.8, 4) is 0 Å². The van der Waals surface area contributed by atoms with E-state index in [0.29, 0.717) is 0 Å². The van der Waals surface area contributed by atoms with E-state index in [1.807, 2.05) is 7.05 Å². The fourth-order valence-electron chi connectivity index (χ4n) is 2.14. The lowest BCUT2D eigenvalue weighted by Crippen LogP contribution is -2.49. The van der Waals surface area contributed by atoms with Crippen LogP contribution < -0.4 is 10.4 Å². The minimum absolute atomic E-state index is 1.29. The number of hydrogen-bond donors (Lipinski definition) is 0. The highest BCUT2D eigenvalue weighted by Crippen LogP contribution is 2.09. The maximum Gasteiger partial charge on any atom is 0.0784 e. The summed E-state index contributed by atoms with van der Waals surface area (Å²) in [5.74, 6) is 0. The molecule has 0 saturated carbocycles. The van der Waals surface area contributed by atoms with Crippen molar-refractivity contribution in [2.24, 2.45) is 4.99 Å². The van der Waals surface area contributed by atoms with Gasteiger partial charge in [-0.25, -0.2) is 0 Å². The lowest BCUT2D eigenvalue weighted by molar-refractivity contribution is 1.46. The van der Waals surface area contributed by atoms with Crippen LogP contribution in [-0.2, 0) is 0 Å². The summed E-state index contributed by atoms with van der Waals surface area (Å²) in [6, 6.07) is 6.83. The zero-order valence-electron chi connectivity index (χ0n) is 12.3. The van der Waals surface area contributed by atoms with Gasteiger partial charge in [0.25, 0.3) is 0 Å². The molecule has 0 aliphatic carbocycles. The van der Waals surface area contributed by atoms with Crippen LogP contribution in [0.5, 0.6) is 0 Å². The average molecular weight is 264 g/mol. The Morgan fingerprint density at radius 1 is 0.882 bits per heavy atom. The number of hydrogen-bond acceptors (Lipinski definition) is 1. The van der Waals surface area contributed by atoms with Crippen LogP contribution in [0.3, 0.4) is 0 Å². The Hall–Kier alpha value is -0.676. The average Bonchev–Trinajstić information content (AvgIpc) is 2.15. The van der Waals surface area contributed by atoms with E-state index in [2.05, 4.69) is 68.7 Å². The van der Waals surface area contributed by atoms with Crippen LogP contribution >= 0.6 is 0 Å². The molecule has 0 aliphatic rings. The largest absolute Gasteiger partial charge is 0.296 e. The number of aliphatic imine (C=N–C) groups is 1. The molecular weight excluding hydrogens is 238 g/mol. The second-order valence-corrected chi connectivity index (χ2v) is 16.7. The molecule has 1 aromatic rings. The van der Waals surface area contributed by atoms with Gasteiger partial charge in [0.2, 0.25) is 0 Å². The van der Waals surface area contributed by atoms with Crippen LogP contribution in [0.2, 0.25) is 39.3 Å². The van der Waals surface area contributed by atoms with E-state index in [0.717, 1.165) is 0 Å². The summed E-state index contributed by atoms with van der Waals surface area (Å²) < 4.78 is 0. The van der Waals surface area contributed by atoms with Crippen LogP contribution in [0.25, 0.3) is 0 Å². The number of nitrogens with zero attached hydrogens (tertiary/aromatic N) is 1. The Bertz CT molecular complexity index is 391. The molecule has 0 aromatic heterocycles. The van der Waals surface area contributed by atoms with E-state index >= 15 is 0 Å². The molecule has 0 radical (unpaired) electrons. The second-order valence-electron chi connectivity index (χ2n) is 6.65. The third-order valence-corrected chi connectivity index (χ3v) is 7.08. The summed E-state index contributed by atoms with van der Waals surface area (Å²) in [4.78, 5) is 4.27. The highest BCUT2D eigenvalue weighted by atomic mass is 28.3. The van der Waals surface area contributed by atoms with Crippen molar-refractivity contribution >= 4 is 32.7 Å². The van der Waals surface area contributed by atoms with Crippen molar-refractivity contribution in [1.29, 1.82) is 0 Å². The normalized spacial score (nSPS) is 13.4. The quantitative estimate of drug-likeness (QED) is 0.587. The summed E-state index contributed by atoms with van der Waals surface area (Å²) in [5, 5.41) is 3.09. The maximum atomic E-state index is 4.27. The highest BCUT2D eigenvalue weighted by molar-refractivity contribution is 6.92. The summed E-state index contributed by atoms with van der Waals surface area (Å²) in [7, 11) is -0.719. The van der Waals surface area contributed by atoms with Gasteiger partial charge in [0.15, 0.2) is 0 Å². The zero-order chi connectivity index (χ0) is 13.3. The Morgan fingerprint density at radius 2 is 1.29 bits per heavy atom. The van der Waals surface area contributed by atoms with Gasteiger partial charge in [-0.1, -0.05) is 67.9 Å². The molecule has 0 atom stereocenters. The zero-order valence-corrected chi connectivity index (χ0v) is 14.3. The predicted molar refractivity (Wildman–Crippen MR) is 85.9 cm³/mol. The minimum Gasteiger partial charge on any atom is -0.296 e. The van der Waals surface area contributed by atoms with Crippen molar-refractivity contribution in [2.75, 3.05) is 7.05 Å². The van der Waals surface area contributed by atoms with Crippen molar-refractivity contribution in [3.63, 3.8) is 0 Å². The molecule has 0 bridgehead atoms. The molecule has 0 amide bonds. The lowest BCUT2D eigenvalue weighted by Gasteiger charge is -2.26. The molecule has 1 aromatic carbocycles. The van der Waals surface area contributed by atoms with Crippen LogP contribution in [0, 0.1) is 0 Å². The monoisotopic (exact) mass is 263 g/mol. The fraction of sp³-hybridized carbons (Fsp3) is 0.500. The fourth-order valence-corrected chi connectivity index (χ4v) is 5.47. The summed E-state index contributed by atoms with van der Waals surface area (Å²) in [6.45, 7) is 14.4. The topological polar surface area (TPSA) is 12.4 Å². The molecule has 0 aliphatic heterocycles. The molecule has 94 valence electrons. The third-order valence-electron chi connectivity index (χ3n) is 2.98. The van der Waals surface area contributed by atoms with Gasteiger partial charge in [-0.3, -0.25) is 4.99 Å². The smallest absolute Gasteiger partial charge is 0.0784 e. The molecule has 0 spiro atoms. The van der Waals surface area contributed by atoms with E-state index in [1.165, 1.54) is 5.56 Å². The Morgan fingerprint density at radius 3 is 1.59 bits per heavy atom.